The first-order valence-corrected chi connectivity index (χ1v) is 5.60. The highest BCUT2D eigenvalue weighted by Crippen LogP contribution is 2.22. The predicted octanol–water partition coefficient (Wildman–Crippen LogP) is 3.33. The van der Waals surface area contributed by atoms with Crippen molar-refractivity contribution in [2.24, 2.45) is 5.41 Å². The zero-order valence-corrected chi connectivity index (χ0v) is 10.2. The molecule has 1 aromatic carbocycles. The van der Waals surface area contributed by atoms with E-state index < -0.39 is 0 Å². The smallest absolute Gasteiger partial charge is 0.0585 e. The van der Waals surface area contributed by atoms with Crippen molar-refractivity contribution in [2.75, 3.05) is 0 Å². The quantitative estimate of drug-likeness (QED) is 0.804. The van der Waals surface area contributed by atoms with Crippen LogP contribution in [0.5, 0.6) is 0 Å². The maximum Gasteiger partial charge on any atom is 0.0585 e. The van der Waals surface area contributed by atoms with E-state index in [2.05, 4.69) is 52.0 Å². The van der Waals surface area contributed by atoms with Gasteiger partial charge in [-0.1, -0.05) is 50.6 Å². The Kier molecular flexibility index (Phi) is 3.92. The third kappa shape index (κ3) is 4.98. The van der Waals surface area contributed by atoms with Crippen LogP contribution < -0.4 is 0 Å². The number of aliphatic hydroxyl groups excluding tert-OH is 1. The van der Waals surface area contributed by atoms with Crippen LogP contribution in [-0.2, 0) is 6.42 Å². The van der Waals surface area contributed by atoms with E-state index in [1.54, 1.807) is 0 Å². The van der Waals surface area contributed by atoms with E-state index in [9.17, 15) is 5.11 Å². The first kappa shape index (κ1) is 12.3. The van der Waals surface area contributed by atoms with Gasteiger partial charge >= 0.3 is 0 Å². The van der Waals surface area contributed by atoms with Gasteiger partial charge < -0.3 is 5.11 Å². The molecule has 0 aliphatic rings. The molecule has 15 heavy (non-hydrogen) atoms. The molecular formula is C14H22O. The lowest BCUT2D eigenvalue weighted by atomic mass is 9.87. The van der Waals surface area contributed by atoms with Crippen LogP contribution in [0.15, 0.2) is 24.3 Å². The number of hydrogen-bond donors (Lipinski definition) is 1. The molecule has 84 valence electrons. The van der Waals surface area contributed by atoms with E-state index in [1.807, 2.05) is 0 Å². The van der Waals surface area contributed by atoms with Gasteiger partial charge in [0.1, 0.15) is 0 Å². The fourth-order valence-electron chi connectivity index (χ4n) is 1.89. The number of aliphatic hydroxyl groups is 1. The molecule has 0 aromatic heterocycles. The second-order valence-corrected chi connectivity index (χ2v) is 5.61. The van der Waals surface area contributed by atoms with Crippen LogP contribution in [0, 0.1) is 12.3 Å². The molecule has 1 nitrogen and oxygen atoms in total. The molecule has 0 fully saturated rings. The molecule has 0 aliphatic heterocycles. The summed E-state index contributed by atoms with van der Waals surface area (Å²) in [6.45, 7) is 8.56. The maximum atomic E-state index is 9.93. The molecule has 1 unspecified atom stereocenters. The SMILES string of the molecule is Cc1cccc(CC(O)CC(C)(C)C)c1. The molecule has 0 heterocycles. The molecule has 0 bridgehead atoms. The molecular weight excluding hydrogens is 184 g/mol. The van der Waals surface area contributed by atoms with Crippen LogP contribution in [0.3, 0.4) is 0 Å². The Bertz CT molecular complexity index is 309. The normalized spacial score (nSPS) is 13.9. The van der Waals surface area contributed by atoms with Crippen molar-refractivity contribution < 1.29 is 5.11 Å². The van der Waals surface area contributed by atoms with E-state index >= 15 is 0 Å². The Morgan fingerprint density at radius 2 is 1.93 bits per heavy atom. The van der Waals surface area contributed by atoms with Gasteiger partial charge in [-0.05, 0) is 30.7 Å². The first-order chi connectivity index (χ1) is 6.87. The van der Waals surface area contributed by atoms with E-state index in [0.29, 0.717) is 0 Å². The van der Waals surface area contributed by atoms with Gasteiger partial charge in [-0.15, -0.1) is 0 Å². The Hall–Kier alpha value is -0.820. The number of benzene rings is 1. The topological polar surface area (TPSA) is 20.2 Å². The summed E-state index contributed by atoms with van der Waals surface area (Å²) in [5.41, 5.74) is 2.69. The van der Waals surface area contributed by atoms with Crippen LogP contribution >= 0.6 is 0 Å². The van der Waals surface area contributed by atoms with Crippen LogP contribution in [0.25, 0.3) is 0 Å². The first-order valence-electron chi connectivity index (χ1n) is 5.60. The molecule has 1 atom stereocenters. The largest absolute Gasteiger partial charge is 0.393 e. The van der Waals surface area contributed by atoms with Gasteiger partial charge in [0.2, 0.25) is 0 Å². The fourth-order valence-corrected chi connectivity index (χ4v) is 1.89. The van der Waals surface area contributed by atoms with E-state index in [0.717, 1.165) is 12.8 Å². The zero-order valence-electron chi connectivity index (χ0n) is 10.2. The van der Waals surface area contributed by atoms with E-state index in [-0.39, 0.29) is 11.5 Å². The third-order valence-electron chi connectivity index (χ3n) is 2.40. The Morgan fingerprint density at radius 3 is 2.47 bits per heavy atom. The second-order valence-electron chi connectivity index (χ2n) is 5.61. The van der Waals surface area contributed by atoms with Crippen LogP contribution in [0.4, 0.5) is 0 Å². The minimum atomic E-state index is -0.230. The summed E-state index contributed by atoms with van der Waals surface area (Å²) in [5, 5.41) is 9.93. The van der Waals surface area contributed by atoms with Crippen molar-refractivity contribution in [3.63, 3.8) is 0 Å². The molecule has 0 amide bonds. The van der Waals surface area contributed by atoms with Crippen molar-refractivity contribution in [1.29, 1.82) is 0 Å². The van der Waals surface area contributed by atoms with Crippen molar-refractivity contribution >= 4 is 0 Å². The third-order valence-corrected chi connectivity index (χ3v) is 2.40. The lowest BCUT2D eigenvalue weighted by Crippen LogP contribution is -2.19. The molecule has 0 aliphatic carbocycles. The lowest BCUT2D eigenvalue weighted by Gasteiger charge is -2.22. The van der Waals surface area contributed by atoms with E-state index in [4.69, 9.17) is 0 Å². The van der Waals surface area contributed by atoms with Crippen molar-refractivity contribution in [3.8, 4) is 0 Å². The second kappa shape index (κ2) is 4.80. The van der Waals surface area contributed by atoms with Crippen molar-refractivity contribution in [1.82, 2.24) is 0 Å². The monoisotopic (exact) mass is 206 g/mol. The molecule has 1 heteroatoms. The predicted molar refractivity (Wildman–Crippen MR) is 65.0 cm³/mol. The summed E-state index contributed by atoms with van der Waals surface area (Å²) < 4.78 is 0. The minimum Gasteiger partial charge on any atom is -0.393 e. The number of aryl methyl sites for hydroxylation is 1. The van der Waals surface area contributed by atoms with Crippen LogP contribution in [0.1, 0.15) is 38.3 Å². The number of rotatable bonds is 3. The van der Waals surface area contributed by atoms with Crippen molar-refractivity contribution in [3.05, 3.63) is 35.4 Å². The number of hydrogen-bond acceptors (Lipinski definition) is 1. The summed E-state index contributed by atoms with van der Waals surface area (Å²) in [6, 6.07) is 8.36. The highest BCUT2D eigenvalue weighted by atomic mass is 16.3. The Morgan fingerprint density at radius 1 is 1.27 bits per heavy atom. The molecule has 0 saturated carbocycles. The highest BCUT2D eigenvalue weighted by Gasteiger charge is 2.16. The van der Waals surface area contributed by atoms with Gasteiger partial charge in [0.05, 0.1) is 6.10 Å². The summed E-state index contributed by atoms with van der Waals surface area (Å²) in [6.07, 6.45) is 1.38. The van der Waals surface area contributed by atoms with Crippen LogP contribution in [-0.4, -0.2) is 11.2 Å². The summed E-state index contributed by atoms with van der Waals surface area (Å²) in [4.78, 5) is 0. The van der Waals surface area contributed by atoms with Gasteiger partial charge in [-0.2, -0.15) is 0 Å². The minimum absolute atomic E-state index is 0.198. The maximum absolute atomic E-state index is 9.93. The van der Waals surface area contributed by atoms with Gasteiger partial charge in [0, 0.05) is 0 Å². The van der Waals surface area contributed by atoms with Gasteiger partial charge in [-0.25, -0.2) is 0 Å². The Labute approximate surface area is 93.1 Å². The molecule has 0 spiro atoms. The summed E-state index contributed by atoms with van der Waals surface area (Å²) in [5.74, 6) is 0. The highest BCUT2D eigenvalue weighted by molar-refractivity contribution is 5.22. The lowest BCUT2D eigenvalue weighted by molar-refractivity contribution is 0.121. The molecule has 0 saturated heterocycles. The average Bonchev–Trinajstić information content (AvgIpc) is 1.99. The molecule has 1 aromatic rings. The fraction of sp³-hybridized carbons (Fsp3) is 0.571. The Balaban J connectivity index is 2.55. The van der Waals surface area contributed by atoms with Crippen molar-refractivity contribution in [2.45, 2.75) is 46.6 Å². The summed E-state index contributed by atoms with van der Waals surface area (Å²) in [7, 11) is 0. The molecule has 1 rings (SSSR count). The van der Waals surface area contributed by atoms with Gasteiger partial charge in [0.15, 0.2) is 0 Å². The molecule has 1 N–H and O–H groups in total. The standard InChI is InChI=1S/C14H22O/c1-11-6-5-7-12(8-11)9-13(15)10-14(2,3)4/h5-8,13,15H,9-10H2,1-4H3. The van der Waals surface area contributed by atoms with Crippen LogP contribution in [0.2, 0.25) is 0 Å². The summed E-state index contributed by atoms with van der Waals surface area (Å²) >= 11 is 0. The van der Waals surface area contributed by atoms with Gasteiger partial charge in [-0.3, -0.25) is 0 Å². The van der Waals surface area contributed by atoms with Gasteiger partial charge in [0.25, 0.3) is 0 Å². The average molecular weight is 206 g/mol. The molecule has 0 radical (unpaired) electrons. The zero-order chi connectivity index (χ0) is 11.5. The van der Waals surface area contributed by atoms with E-state index in [1.165, 1.54) is 11.1 Å².